The molecule has 1 heterocycles. The minimum absolute atomic E-state index is 0.149. The molecule has 1 aromatic heterocycles. The van der Waals surface area contributed by atoms with Crippen LogP contribution in [0.25, 0.3) is 0 Å². The predicted molar refractivity (Wildman–Crippen MR) is 104 cm³/mol. The first kappa shape index (κ1) is 17.8. The van der Waals surface area contributed by atoms with Crippen LogP contribution in [0.3, 0.4) is 0 Å². The molecule has 0 aliphatic rings. The lowest BCUT2D eigenvalue weighted by Gasteiger charge is -2.09. The van der Waals surface area contributed by atoms with E-state index in [4.69, 9.17) is 16.3 Å². The van der Waals surface area contributed by atoms with Crippen LogP contribution in [0.2, 0.25) is 5.02 Å². The Morgan fingerprint density at radius 2 is 1.85 bits per heavy atom. The van der Waals surface area contributed by atoms with Crippen molar-refractivity contribution < 1.29 is 9.53 Å². The van der Waals surface area contributed by atoms with Crippen LogP contribution in [-0.4, -0.2) is 17.5 Å². The van der Waals surface area contributed by atoms with E-state index in [0.717, 1.165) is 17.1 Å². The third kappa shape index (κ3) is 5.50. The SMILES string of the molecule is O=C(CCOc1ccccc1)Nc1ccc(Nc2cccc(Cl)c2)cn1. The van der Waals surface area contributed by atoms with E-state index in [1.165, 1.54) is 0 Å². The average molecular weight is 368 g/mol. The minimum atomic E-state index is -0.149. The average Bonchev–Trinajstić information content (AvgIpc) is 2.64. The molecule has 2 aromatic carbocycles. The van der Waals surface area contributed by atoms with E-state index in [9.17, 15) is 4.79 Å². The minimum Gasteiger partial charge on any atom is -0.493 e. The lowest BCUT2D eigenvalue weighted by atomic mass is 10.3. The van der Waals surface area contributed by atoms with Gasteiger partial charge in [-0.15, -0.1) is 0 Å². The maximum atomic E-state index is 12.0. The Kier molecular flexibility index (Phi) is 6.06. The van der Waals surface area contributed by atoms with Gasteiger partial charge in [-0.1, -0.05) is 35.9 Å². The third-order valence-corrected chi connectivity index (χ3v) is 3.72. The lowest BCUT2D eigenvalue weighted by molar-refractivity contribution is -0.116. The highest BCUT2D eigenvalue weighted by Gasteiger charge is 2.04. The standard InChI is InChI=1S/C20H18ClN3O2/c21-15-5-4-6-16(13-15)23-17-9-10-19(22-14-17)24-20(25)11-12-26-18-7-2-1-3-8-18/h1-10,13-14,23H,11-12H2,(H,22,24,25). The summed E-state index contributed by atoms with van der Waals surface area (Å²) in [7, 11) is 0. The second-order valence-corrected chi connectivity index (χ2v) is 5.96. The normalized spacial score (nSPS) is 10.2. The molecule has 3 rings (SSSR count). The van der Waals surface area contributed by atoms with Crippen molar-refractivity contribution in [2.24, 2.45) is 0 Å². The van der Waals surface area contributed by atoms with Gasteiger partial charge in [-0.05, 0) is 42.5 Å². The Morgan fingerprint density at radius 1 is 1.00 bits per heavy atom. The Hall–Kier alpha value is -3.05. The summed E-state index contributed by atoms with van der Waals surface area (Å²) in [5.41, 5.74) is 1.67. The van der Waals surface area contributed by atoms with Gasteiger partial charge in [-0.25, -0.2) is 4.98 Å². The highest BCUT2D eigenvalue weighted by molar-refractivity contribution is 6.30. The fourth-order valence-corrected chi connectivity index (χ4v) is 2.45. The maximum absolute atomic E-state index is 12.0. The van der Waals surface area contributed by atoms with E-state index in [1.54, 1.807) is 12.3 Å². The molecule has 0 saturated heterocycles. The molecule has 1 amide bonds. The van der Waals surface area contributed by atoms with Gasteiger partial charge in [0, 0.05) is 10.7 Å². The van der Waals surface area contributed by atoms with Crippen LogP contribution in [-0.2, 0) is 4.79 Å². The van der Waals surface area contributed by atoms with Crippen molar-refractivity contribution in [1.29, 1.82) is 0 Å². The van der Waals surface area contributed by atoms with Crippen LogP contribution in [0.4, 0.5) is 17.2 Å². The number of hydrogen-bond donors (Lipinski definition) is 2. The molecule has 0 fully saturated rings. The Balaban J connectivity index is 1.46. The van der Waals surface area contributed by atoms with Crippen molar-refractivity contribution in [3.63, 3.8) is 0 Å². The van der Waals surface area contributed by atoms with Crippen LogP contribution < -0.4 is 15.4 Å². The molecule has 0 saturated carbocycles. The molecule has 2 N–H and O–H groups in total. The maximum Gasteiger partial charge on any atom is 0.228 e. The molecule has 0 bridgehead atoms. The number of para-hydroxylation sites is 1. The molecule has 6 heteroatoms. The van der Waals surface area contributed by atoms with Crippen molar-refractivity contribution in [2.45, 2.75) is 6.42 Å². The van der Waals surface area contributed by atoms with E-state index in [0.29, 0.717) is 17.4 Å². The summed E-state index contributed by atoms with van der Waals surface area (Å²) in [5, 5.41) is 6.60. The number of nitrogens with one attached hydrogen (secondary N) is 2. The van der Waals surface area contributed by atoms with Crippen molar-refractivity contribution in [3.05, 3.63) is 77.9 Å². The number of ether oxygens (including phenoxy) is 1. The Morgan fingerprint density at radius 3 is 2.58 bits per heavy atom. The summed E-state index contributed by atoms with van der Waals surface area (Å²) >= 11 is 5.96. The quantitative estimate of drug-likeness (QED) is 0.624. The molecule has 5 nitrogen and oxygen atoms in total. The number of hydrogen-bond acceptors (Lipinski definition) is 4. The molecule has 0 radical (unpaired) electrons. The van der Waals surface area contributed by atoms with Gasteiger partial charge in [0.15, 0.2) is 0 Å². The predicted octanol–water partition coefficient (Wildman–Crippen LogP) is 4.89. The molecule has 3 aromatic rings. The molecule has 0 aliphatic carbocycles. The van der Waals surface area contributed by atoms with E-state index in [2.05, 4.69) is 15.6 Å². The molecule has 0 aliphatic heterocycles. The molecular weight excluding hydrogens is 350 g/mol. The summed E-state index contributed by atoms with van der Waals surface area (Å²) in [6.07, 6.45) is 1.90. The number of carbonyl (C=O) groups excluding carboxylic acids is 1. The smallest absolute Gasteiger partial charge is 0.228 e. The van der Waals surface area contributed by atoms with E-state index < -0.39 is 0 Å². The zero-order valence-electron chi connectivity index (χ0n) is 14.0. The van der Waals surface area contributed by atoms with Crippen molar-refractivity contribution in [2.75, 3.05) is 17.2 Å². The fourth-order valence-electron chi connectivity index (χ4n) is 2.26. The third-order valence-electron chi connectivity index (χ3n) is 3.49. The highest BCUT2D eigenvalue weighted by Crippen LogP contribution is 2.20. The number of aromatic nitrogens is 1. The Labute approximate surface area is 157 Å². The van der Waals surface area contributed by atoms with Crippen molar-refractivity contribution >= 4 is 34.7 Å². The summed E-state index contributed by atoms with van der Waals surface area (Å²) < 4.78 is 5.51. The van der Waals surface area contributed by atoms with Gasteiger partial charge in [-0.2, -0.15) is 0 Å². The number of benzene rings is 2. The van der Waals surface area contributed by atoms with Gasteiger partial charge >= 0.3 is 0 Å². The van der Waals surface area contributed by atoms with Gasteiger partial charge in [0.05, 0.1) is 24.9 Å². The van der Waals surface area contributed by atoms with Crippen molar-refractivity contribution in [1.82, 2.24) is 4.98 Å². The molecule has 132 valence electrons. The van der Waals surface area contributed by atoms with E-state index >= 15 is 0 Å². The number of nitrogens with zero attached hydrogens (tertiary/aromatic N) is 1. The molecule has 26 heavy (non-hydrogen) atoms. The zero-order chi connectivity index (χ0) is 18.2. The number of carbonyl (C=O) groups is 1. The van der Waals surface area contributed by atoms with Gasteiger partial charge in [-0.3, -0.25) is 4.79 Å². The number of amides is 1. The van der Waals surface area contributed by atoms with Crippen LogP contribution in [0.5, 0.6) is 5.75 Å². The molecule has 0 atom stereocenters. The van der Waals surface area contributed by atoms with E-state index in [-0.39, 0.29) is 12.3 Å². The van der Waals surface area contributed by atoms with Gasteiger partial charge in [0.25, 0.3) is 0 Å². The highest BCUT2D eigenvalue weighted by atomic mass is 35.5. The lowest BCUT2D eigenvalue weighted by Crippen LogP contribution is -2.15. The molecule has 0 unspecified atom stereocenters. The van der Waals surface area contributed by atoms with Crippen molar-refractivity contribution in [3.8, 4) is 5.75 Å². The summed E-state index contributed by atoms with van der Waals surface area (Å²) in [5.74, 6) is 1.09. The van der Waals surface area contributed by atoms with Crippen LogP contribution in [0, 0.1) is 0 Å². The second-order valence-electron chi connectivity index (χ2n) is 5.53. The van der Waals surface area contributed by atoms with Crippen LogP contribution in [0.15, 0.2) is 72.9 Å². The van der Waals surface area contributed by atoms with Crippen LogP contribution >= 0.6 is 11.6 Å². The number of halogens is 1. The number of pyridine rings is 1. The summed E-state index contributed by atoms with van der Waals surface area (Å²) in [4.78, 5) is 16.2. The second kappa shape index (κ2) is 8.87. The fraction of sp³-hybridized carbons (Fsp3) is 0.100. The first-order chi connectivity index (χ1) is 12.7. The zero-order valence-corrected chi connectivity index (χ0v) is 14.7. The molecule has 0 spiro atoms. The number of rotatable bonds is 7. The number of anilines is 3. The van der Waals surface area contributed by atoms with Gasteiger partial charge in [0.2, 0.25) is 5.91 Å². The molecular formula is C20H18ClN3O2. The largest absolute Gasteiger partial charge is 0.493 e. The van der Waals surface area contributed by atoms with E-state index in [1.807, 2.05) is 60.7 Å². The summed E-state index contributed by atoms with van der Waals surface area (Å²) in [6.45, 7) is 0.310. The van der Waals surface area contributed by atoms with Crippen LogP contribution in [0.1, 0.15) is 6.42 Å². The first-order valence-electron chi connectivity index (χ1n) is 8.15. The van der Waals surface area contributed by atoms with Gasteiger partial charge in [0.1, 0.15) is 11.6 Å². The Bertz CT molecular complexity index is 854. The first-order valence-corrected chi connectivity index (χ1v) is 8.53. The summed E-state index contributed by atoms with van der Waals surface area (Å²) in [6, 6.07) is 20.4. The topological polar surface area (TPSA) is 63.2 Å². The monoisotopic (exact) mass is 367 g/mol. The van der Waals surface area contributed by atoms with Gasteiger partial charge < -0.3 is 15.4 Å².